The summed E-state index contributed by atoms with van der Waals surface area (Å²) in [4.78, 5) is 9.50. The Hall–Kier alpha value is -2.63. The Morgan fingerprint density at radius 1 is 1.12 bits per heavy atom. The van der Waals surface area contributed by atoms with E-state index in [-0.39, 0.29) is 0 Å². The topological polar surface area (TPSA) is 61.2 Å². The Kier molecular flexibility index (Phi) is 3.20. The lowest BCUT2D eigenvalue weighted by Gasteiger charge is -2.25. The minimum Gasteiger partial charge on any atom is -0.461 e. The van der Waals surface area contributed by atoms with Gasteiger partial charge in [-0.2, -0.15) is 0 Å². The summed E-state index contributed by atoms with van der Waals surface area (Å²) >= 11 is 0. The fraction of sp³-hybridized carbons (Fsp3) is 0.421. The van der Waals surface area contributed by atoms with Crippen LogP contribution < -0.4 is 0 Å². The van der Waals surface area contributed by atoms with Crippen LogP contribution in [0.15, 0.2) is 29.1 Å². The van der Waals surface area contributed by atoms with Crippen LogP contribution in [0, 0.1) is 13.8 Å². The van der Waals surface area contributed by atoms with E-state index in [9.17, 15) is 0 Å². The van der Waals surface area contributed by atoms with Gasteiger partial charge in [-0.1, -0.05) is 19.3 Å². The van der Waals surface area contributed by atoms with Gasteiger partial charge in [0, 0.05) is 11.7 Å². The van der Waals surface area contributed by atoms with Gasteiger partial charge in [0.1, 0.15) is 12.0 Å². The van der Waals surface area contributed by atoms with Gasteiger partial charge >= 0.3 is 0 Å². The maximum atomic E-state index is 5.45. The molecule has 0 aliphatic heterocycles. The summed E-state index contributed by atoms with van der Waals surface area (Å²) < 4.78 is 9.65. The molecule has 4 aromatic rings. The Labute approximate surface area is 145 Å². The largest absolute Gasteiger partial charge is 0.461 e. The molecule has 1 aliphatic carbocycles. The predicted octanol–water partition coefficient (Wildman–Crippen LogP) is 4.46. The summed E-state index contributed by atoms with van der Waals surface area (Å²) in [5, 5.41) is 5.65. The third-order valence-corrected chi connectivity index (χ3v) is 5.56. The molecule has 0 aromatic carbocycles. The smallest absolute Gasteiger partial charge is 0.217 e. The van der Waals surface area contributed by atoms with Crippen molar-refractivity contribution in [2.45, 2.75) is 52.0 Å². The van der Waals surface area contributed by atoms with Crippen LogP contribution in [0.1, 0.15) is 49.4 Å². The lowest BCUT2D eigenvalue weighted by molar-refractivity contribution is 0.355. The van der Waals surface area contributed by atoms with Crippen LogP contribution in [0.5, 0.6) is 0 Å². The van der Waals surface area contributed by atoms with E-state index in [4.69, 9.17) is 14.4 Å². The molecule has 25 heavy (non-hydrogen) atoms. The Morgan fingerprint density at radius 2 is 1.96 bits per heavy atom. The number of rotatable bonds is 2. The molecule has 0 radical (unpaired) electrons. The van der Waals surface area contributed by atoms with Crippen LogP contribution in [0.4, 0.5) is 0 Å². The Morgan fingerprint density at radius 3 is 2.72 bits per heavy atom. The zero-order valence-electron chi connectivity index (χ0n) is 14.6. The standard InChI is InChI=1S/C19H21N5O/c1-12-13(2)24(14-7-4-3-5-8-14)18-16(12)19-21-17(15-9-6-10-25-15)22-23(19)11-20-18/h6,9-11,14H,3-5,7-8H2,1-2H3. The molecule has 0 saturated heterocycles. The first-order chi connectivity index (χ1) is 12.2. The highest BCUT2D eigenvalue weighted by atomic mass is 16.3. The van der Waals surface area contributed by atoms with Crippen molar-refractivity contribution in [2.24, 2.45) is 0 Å². The average molecular weight is 335 g/mol. The predicted molar refractivity (Wildman–Crippen MR) is 95.6 cm³/mol. The van der Waals surface area contributed by atoms with Crippen molar-refractivity contribution in [2.75, 3.05) is 0 Å². The molecule has 1 saturated carbocycles. The van der Waals surface area contributed by atoms with Crippen LogP contribution in [0.2, 0.25) is 0 Å². The molecule has 4 aromatic heterocycles. The zero-order chi connectivity index (χ0) is 17.0. The number of nitrogens with zero attached hydrogens (tertiary/aromatic N) is 5. The summed E-state index contributed by atoms with van der Waals surface area (Å²) in [6, 6.07) is 4.28. The van der Waals surface area contributed by atoms with Gasteiger partial charge in [0.25, 0.3) is 0 Å². The second kappa shape index (κ2) is 5.44. The number of aryl methyl sites for hydroxylation is 1. The van der Waals surface area contributed by atoms with Gasteiger partial charge in [-0.15, -0.1) is 5.10 Å². The van der Waals surface area contributed by atoms with E-state index in [1.807, 2.05) is 12.1 Å². The molecule has 0 spiro atoms. The summed E-state index contributed by atoms with van der Waals surface area (Å²) in [6.45, 7) is 4.37. The second-order valence-corrected chi connectivity index (χ2v) is 7.00. The first kappa shape index (κ1) is 14.7. The summed E-state index contributed by atoms with van der Waals surface area (Å²) in [5.74, 6) is 1.28. The maximum Gasteiger partial charge on any atom is 0.217 e. The van der Waals surface area contributed by atoms with Crippen molar-refractivity contribution in [1.29, 1.82) is 0 Å². The number of aromatic nitrogens is 5. The maximum absolute atomic E-state index is 5.45. The lowest BCUT2D eigenvalue weighted by Crippen LogP contribution is -2.14. The highest BCUT2D eigenvalue weighted by Gasteiger charge is 2.24. The summed E-state index contributed by atoms with van der Waals surface area (Å²) in [5.41, 5.74) is 4.43. The van der Waals surface area contributed by atoms with E-state index < -0.39 is 0 Å². The molecule has 0 N–H and O–H groups in total. The van der Waals surface area contributed by atoms with E-state index in [0.717, 1.165) is 16.7 Å². The fourth-order valence-corrected chi connectivity index (χ4v) is 4.18. The third-order valence-electron chi connectivity index (χ3n) is 5.56. The molecule has 4 heterocycles. The molecule has 1 fully saturated rings. The molecule has 6 nitrogen and oxygen atoms in total. The van der Waals surface area contributed by atoms with Crippen LogP contribution in [-0.4, -0.2) is 24.1 Å². The van der Waals surface area contributed by atoms with Gasteiger partial charge in [-0.05, 0) is 44.4 Å². The van der Waals surface area contributed by atoms with E-state index in [1.165, 1.54) is 43.4 Å². The molecule has 1 aliphatic rings. The van der Waals surface area contributed by atoms with Crippen molar-refractivity contribution < 1.29 is 4.42 Å². The number of hydrogen-bond acceptors (Lipinski definition) is 4. The Bertz CT molecular complexity index is 1050. The molecular weight excluding hydrogens is 314 g/mol. The average Bonchev–Trinajstić information content (AvgIpc) is 3.35. The van der Waals surface area contributed by atoms with E-state index in [1.54, 1.807) is 17.1 Å². The highest BCUT2D eigenvalue weighted by molar-refractivity contribution is 5.94. The van der Waals surface area contributed by atoms with Crippen LogP contribution in [-0.2, 0) is 0 Å². The van der Waals surface area contributed by atoms with Gasteiger partial charge in [0.15, 0.2) is 11.4 Å². The van der Waals surface area contributed by atoms with Crippen molar-refractivity contribution in [3.63, 3.8) is 0 Å². The number of hydrogen-bond donors (Lipinski definition) is 0. The molecule has 6 heteroatoms. The van der Waals surface area contributed by atoms with Gasteiger partial charge in [0.2, 0.25) is 5.82 Å². The minimum absolute atomic E-state index is 0.548. The molecule has 0 amide bonds. The normalized spacial score (nSPS) is 16.2. The van der Waals surface area contributed by atoms with Gasteiger partial charge in [-0.25, -0.2) is 14.5 Å². The third kappa shape index (κ3) is 2.13. The SMILES string of the molecule is Cc1c(C)n(C2CCCCC2)c2ncn3nc(-c4ccco4)nc3c12. The zero-order valence-corrected chi connectivity index (χ0v) is 14.6. The highest BCUT2D eigenvalue weighted by Crippen LogP contribution is 2.36. The van der Waals surface area contributed by atoms with E-state index in [0.29, 0.717) is 17.6 Å². The monoisotopic (exact) mass is 335 g/mol. The van der Waals surface area contributed by atoms with E-state index >= 15 is 0 Å². The molecule has 5 rings (SSSR count). The quantitative estimate of drug-likeness (QED) is 0.542. The number of fused-ring (bicyclic) bond motifs is 3. The molecule has 0 bridgehead atoms. The van der Waals surface area contributed by atoms with Crippen LogP contribution >= 0.6 is 0 Å². The van der Waals surface area contributed by atoms with Crippen molar-refractivity contribution in [1.82, 2.24) is 24.1 Å². The van der Waals surface area contributed by atoms with Gasteiger partial charge in [-0.3, -0.25) is 0 Å². The molecular formula is C19H21N5O. The first-order valence-electron chi connectivity index (χ1n) is 9.00. The molecule has 0 unspecified atom stereocenters. The Balaban J connectivity index is 1.76. The first-order valence-corrected chi connectivity index (χ1v) is 9.00. The van der Waals surface area contributed by atoms with Crippen molar-refractivity contribution in [3.8, 4) is 11.6 Å². The van der Waals surface area contributed by atoms with Crippen LogP contribution in [0.3, 0.4) is 0 Å². The second-order valence-electron chi connectivity index (χ2n) is 7.00. The van der Waals surface area contributed by atoms with Gasteiger partial charge < -0.3 is 8.98 Å². The number of furan rings is 1. The summed E-state index contributed by atoms with van der Waals surface area (Å²) in [6.07, 6.45) is 9.85. The summed E-state index contributed by atoms with van der Waals surface area (Å²) in [7, 11) is 0. The lowest BCUT2D eigenvalue weighted by atomic mass is 9.95. The molecule has 0 atom stereocenters. The van der Waals surface area contributed by atoms with Crippen LogP contribution in [0.25, 0.3) is 28.3 Å². The van der Waals surface area contributed by atoms with Crippen molar-refractivity contribution >= 4 is 16.7 Å². The molecule has 128 valence electrons. The minimum atomic E-state index is 0.548. The fourth-order valence-electron chi connectivity index (χ4n) is 4.18. The van der Waals surface area contributed by atoms with Gasteiger partial charge in [0.05, 0.1) is 11.6 Å². The van der Waals surface area contributed by atoms with Crippen molar-refractivity contribution in [3.05, 3.63) is 36.0 Å². The van der Waals surface area contributed by atoms with E-state index in [2.05, 4.69) is 23.5 Å².